The molecule has 0 radical (unpaired) electrons. The maximum Gasteiger partial charge on any atom is 0.249 e. The van der Waals surface area contributed by atoms with Crippen molar-refractivity contribution in [1.82, 2.24) is 31.3 Å². The van der Waals surface area contributed by atoms with Gasteiger partial charge in [0.25, 0.3) is 0 Å². The van der Waals surface area contributed by atoms with E-state index in [-0.39, 0.29) is 18.2 Å². The summed E-state index contributed by atoms with van der Waals surface area (Å²) in [6.07, 6.45) is 2.20. The van der Waals surface area contributed by atoms with Crippen LogP contribution in [0.4, 0.5) is 5.69 Å². The summed E-state index contributed by atoms with van der Waals surface area (Å²) < 4.78 is 12.3. The van der Waals surface area contributed by atoms with E-state index < -0.39 is 28.5 Å². The third-order valence-corrected chi connectivity index (χ3v) is 8.79. The molecular weight excluding hydrogens is 590 g/mol. The number of nitrogens with one attached hydrogen (secondary N) is 3. The number of carbonyl (C=O) groups excluding carboxylic acids is 2. The van der Waals surface area contributed by atoms with Gasteiger partial charge in [0.15, 0.2) is 0 Å². The number of aromatic nitrogens is 4. The van der Waals surface area contributed by atoms with E-state index in [1.807, 2.05) is 74.5 Å². The van der Waals surface area contributed by atoms with Crippen LogP contribution in [-0.2, 0) is 33.4 Å². The summed E-state index contributed by atoms with van der Waals surface area (Å²) in [5.41, 5.74) is 4.77. The number of nitrogens with zero attached hydrogens (tertiary/aromatic N) is 4. The third-order valence-electron chi connectivity index (χ3n) is 7.87. The van der Waals surface area contributed by atoms with Gasteiger partial charge in [0.2, 0.25) is 17.6 Å². The molecule has 0 aliphatic carbocycles. The first-order chi connectivity index (χ1) is 21.5. The van der Waals surface area contributed by atoms with Crippen LogP contribution in [0.1, 0.15) is 44.7 Å². The molecule has 3 atom stereocenters. The van der Waals surface area contributed by atoms with Crippen LogP contribution in [0.2, 0.25) is 0 Å². The first-order valence-electron chi connectivity index (χ1n) is 14.9. The molecule has 0 spiro atoms. The lowest BCUT2D eigenvalue weighted by atomic mass is 9.98. The quantitative estimate of drug-likeness (QED) is 0.197. The number of aromatic amines is 1. The molecule has 1 aliphatic rings. The molecule has 45 heavy (non-hydrogen) atoms. The Morgan fingerprint density at radius 2 is 1.87 bits per heavy atom. The van der Waals surface area contributed by atoms with Crippen LogP contribution in [0.25, 0.3) is 22.5 Å². The van der Waals surface area contributed by atoms with Crippen LogP contribution in [-0.4, -0.2) is 72.2 Å². The molecular formula is C33H39N7O4S. The number of fused-ring (bicyclic) bond motifs is 1. The number of amides is 2. The van der Waals surface area contributed by atoms with Crippen molar-refractivity contribution in [2.24, 2.45) is 0 Å². The highest BCUT2D eigenvalue weighted by atomic mass is 32.2. The van der Waals surface area contributed by atoms with Gasteiger partial charge >= 0.3 is 0 Å². The van der Waals surface area contributed by atoms with Crippen molar-refractivity contribution >= 4 is 28.3 Å². The monoisotopic (exact) mass is 629 g/mol. The highest BCUT2D eigenvalue weighted by molar-refractivity contribution is 7.84. The van der Waals surface area contributed by atoms with Gasteiger partial charge in [-0.25, -0.2) is 0 Å². The van der Waals surface area contributed by atoms with Gasteiger partial charge in [-0.15, -0.1) is 10.2 Å². The molecule has 3 aromatic carbocycles. The van der Waals surface area contributed by atoms with Gasteiger partial charge in [0, 0.05) is 51.7 Å². The van der Waals surface area contributed by atoms with Gasteiger partial charge < -0.3 is 20.6 Å². The lowest BCUT2D eigenvalue weighted by Gasteiger charge is -2.29. The molecule has 4 N–H and O–H groups in total. The lowest BCUT2D eigenvalue weighted by Crippen LogP contribution is -2.51. The SMILES string of the molecule is C[C@@H](O)CNC(C)(C)CC(=O)N[C@@H]1CCc2cc(S(C)=O)ccc2N(Cc2ccc(-c3ccccc3-c3nn[nH]n3)cc2)C1=O. The van der Waals surface area contributed by atoms with E-state index in [9.17, 15) is 18.9 Å². The van der Waals surface area contributed by atoms with Crippen molar-refractivity contribution in [3.8, 4) is 22.5 Å². The molecule has 1 aliphatic heterocycles. The first-order valence-corrected chi connectivity index (χ1v) is 16.5. The minimum Gasteiger partial charge on any atom is -0.392 e. The highest BCUT2D eigenvalue weighted by Gasteiger charge is 2.33. The Kier molecular flexibility index (Phi) is 9.86. The minimum absolute atomic E-state index is 0.141. The van der Waals surface area contributed by atoms with Crippen molar-refractivity contribution in [3.05, 3.63) is 77.9 Å². The van der Waals surface area contributed by atoms with Crippen molar-refractivity contribution < 1.29 is 18.9 Å². The molecule has 1 aromatic heterocycles. The van der Waals surface area contributed by atoms with Crippen LogP contribution >= 0.6 is 0 Å². The molecule has 12 heteroatoms. The van der Waals surface area contributed by atoms with Crippen LogP contribution in [0, 0.1) is 0 Å². The number of aryl methyl sites for hydroxylation is 1. The van der Waals surface area contributed by atoms with E-state index in [1.165, 1.54) is 0 Å². The van der Waals surface area contributed by atoms with Gasteiger partial charge in [-0.2, -0.15) is 5.21 Å². The van der Waals surface area contributed by atoms with Crippen LogP contribution in [0.3, 0.4) is 0 Å². The predicted molar refractivity (Wildman–Crippen MR) is 174 cm³/mol. The van der Waals surface area contributed by atoms with Crippen molar-refractivity contribution in [2.45, 2.75) is 69.2 Å². The molecule has 0 saturated heterocycles. The molecule has 1 unspecified atom stereocenters. The number of carbonyl (C=O) groups is 2. The van der Waals surface area contributed by atoms with Crippen LogP contribution in [0.15, 0.2) is 71.6 Å². The standard InChI is InChI=1S/C33H39N7O4S/c1-21(41)19-34-33(2,3)18-30(42)35-28-15-13-24-17-25(45(4)44)14-16-29(24)40(32(28)43)20-22-9-11-23(12-10-22)26-7-5-6-8-27(26)31-36-38-39-37-31/h5-12,14,16-17,21,28,34,41H,13,15,18-20H2,1-4H3,(H,35,42)(H,36,37,38,39)/t21-,28-,45?/m1/s1. The second-order valence-corrected chi connectivity index (χ2v) is 13.5. The number of tetrazole rings is 1. The largest absolute Gasteiger partial charge is 0.392 e. The Hall–Kier alpha value is -4.26. The number of hydrogen-bond donors (Lipinski definition) is 4. The van der Waals surface area contributed by atoms with E-state index in [0.29, 0.717) is 36.7 Å². The molecule has 0 bridgehead atoms. The molecule has 0 fully saturated rings. The fourth-order valence-corrected chi connectivity index (χ4v) is 6.11. The second kappa shape index (κ2) is 13.8. The fourth-order valence-electron chi connectivity index (χ4n) is 5.54. The number of aliphatic hydroxyl groups excluding tert-OH is 1. The zero-order chi connectivity index (χ0) is 32.1. The Labute approximate surface area is 265 Å². The normalized spacial score (nSPS) is 16.5. The minimum atomic E-state index is -1.17. The number of anilines is 1. The number of hydrogen-bond acceptors (Lipinski definition) is 8. The average molecular weight is 630 g/mol. The first kappa shape index (κ1) is 32.1. The highest BCUT2D eigenvalue weighted by Crippen LogP contribution is 2.33. The molecule has 2 amide bonds. The van der Waals surface area contributed by atoms with Gasteiger partial charge in [-0.1, -0.05) is 48.5 Å². The lowest BCUT2D eigenvalue weighted by molar-refractivity contribution is -0.128. The summed E-state index contributed by atoms with van der Waals surface area (Å²) in [7, 11) is -1.17. The summed E-state index contributed by atoms with van der Waals surface area (Å²) in [6, 6.07) is 20.6. The third kappa shape index (κ3) is 7.88. The Bertz CT molecular complexity index is 1670. The molecule has 4 aromatic rings. The number of H-pyrrole nitrogens is 1. The van der Waals surface area contributed by atoms with Gasteiger partial charge in [0.1, 0.15) is 6.04 Å². The van der Waals surface area contributed by atoms with E-state index >= 15 is 0 Å². The summed E-state index contributed by atoms with van der Waals surface area (Å²) in [6.45, 7) is 6.11. The molecule has 11 nitrogen and oxygen atoms in total. The van der Waals surface area contributed by atoms with Crippen molar-refractivity contribution in [3.63, 3.8) is 0 Å². The van der Waals surface area contributed by atoms with Gasteiger partial charge in [-0.3, -0.25) is 13.8 Å². The number of β-amino-alcohol motifs (C(OH)–C–C–N with tert-alkyl or cyclic N) is 1. The summed E-state index contributed by atoms with van der Waals surface area (Å²) >= 11 is 0. The van der Waals surface area contributed by atoms with E-state index in [2.05, 4.69) is 31.3 Å². The Balaban J connectivity index is 1.39. The van der Waals surface area contributed by atoms with Crippen molar-refractivity contribution in [2.75, 3.05) is 17.7 Å². The topological polar surface area (TPSA) is 153 Å². The number of rotatable bonds is 11. The summed E-state index contributed by atoms with van der Waals surface area (Å²) in [5.74, 6) is 0.0557. The zero-order valence-electron chi connectivity index (χ0n) is 25.9. The number of aliphatic hydroxyl groups is 1. The van der Waals surface area contributed by atoms with Crippen molar-refractivity contribution in [1.29, 1.82) is 0 Å². The average Bonchev–Trinajstić information content (AvgIpc) is 3.52. The smallest absolute Gasteiger partial charge is 0.249 e. The van der Waals surface area contributed by atoms with E-state index in [1.54, 1.807) is 24.1 Å². The summed E-state index contributed by atoms with van der Waals surface area (Å²) in [5, 5.41) is 30.3. The molecule has 5 rings (SSSR count). The molecule has 236 valence electrons. The fraction of sp³-hybridized carbons (Fsp3) is 0.364. The zero-order valence-corrected chi connectivity index (χ0v) is 26.7. The van der Waals surface area contributed by atoms with Crippen LogP contribution in [0.5, 0.6) is 0 Å². The van der Waals surface area contributed by atoms with E-state index in [4.69, 9.17) is 0 Å². The Morgan fingerprint density at radius 3 is 2.53 bits per heavy atom. The predicted octanol–water partition coefficient (Wildman–Crippen LogP) is 3.37. The number of benzene rings is 3. The maximum atomic E-state index is 14.1. The Morgan fingerprint density at radius 1 is 1.13 bits per heavy atom. The van der Waals surface area contributed by atoms with E-state index in [0.717, 1.165) is 33.5 Å². The van der Waals surface area contributed by atoms with Crippen LogP contribution < -0.4 is 15.5 Å². The van der Waals surface area contributed by atoms with Gasteiger partial charge in [-0.05, 0) is 79.3 Å². The maximum absolute atomic E-state index is 14.1. The molecule has 0 saturated carbocycles. The molecule has 2 heterocycles. The summed E-state index contributed by atoms with van der Waals surface area (Å²) in [4.78, 5) is 29.7. The van der Waals surface area contributed by atoms with Gasteiger partial charge in [0.05, 0.1) is 12.6 Å². The second-order valence-electron chi connectivity index (χ2n) is 12.1.